The number of para-hydroxylation sites is 2. The number of benzene rings is 2. The first-order chi connectivity index (χ1) is 10.9. The molecule has 0 bridgehead atoms. The van der Waals surface area contributed by atoms with Gasteiger partial charge in [0.15, 0.2) is 11.5 Å². The van der Waals surface area contributed by atoms with Crippen molar-refractivity contribution in [3.8, 4) is 11.5 Å². The van der Waals surface area contributed by atoms with Crippen molar-refractivity contribution in [2.24, 2.45) is 20.5 Å². The standard InChI is InChI=1S/C16H14N4O2/c1-3-7-15-13(5-1)11-17-9-10-18-12-14-6-2-4-8-16(14)22-20-19-21-15/h1-8,11-12H,9-10H2/b17-11?,18-12?,20-19-. The summed E-state index contributed by atoms with van der Waals surface area (Å²) < 4.78 is 0. The lowest BCUT2D eigenvalue weighted by Crippen LogP contribution is -1.96. The number of fused-ring (bicyclic) bond motifs is 2. The Morgan fingerprint density at radius 2 is 1.09 bits per heavy atom. The zero-order chi connectivity index (χ0) is 15.0. The topological polar surface area (TPSA) is 67.9 Å². The molecule has 1 heterocycles. The average molecular weight is 294 g/mol. The first-order valence-electron chi connectivity index (χ1n) is 6.85. The molecule has 0 N–H and O–H groups in total. The van der Waals surface area contributed by atoms with E-state index < -0.39 is 0 Å². The fourth-order valence-electron chi connectivity index (χ4n) is 1.90. The van der Waals surface area contributed by atoms with Crippen LogP contribution in [0.25, 0.3) is 0 Å². The highest BCUT2D eigenvalue weighted by Gasteiger charge is 2.02. The lowest BCUT2D eigenvalue weighted by molar-refractivity contribution is 0.208. The SMILES string of the molecule is C1=NCCN=Cc2ccccc2O/N=N\Oc2ccccc21. The van der Waals surface area contributed by atoms with E-state index >= 15 is 0 Å². The molecule has 1 aliphatic rings. The van der Waals surface area contributed by atoms with Crippen molar-refractivity contribution in [2.75, 3.05) is 13.1 Å². The maximum absolute atomic E-state index is 5.26. The monoisotopic (exact) mass is 294 g/mol. The highest BCUT2D eigenvalue weighted by Crippen LogP contribution is 2.18. The Morgan fingerprint density at radius 3 is 1.59 bits per heavy atom. The van der Waals surface area contributed by atoms with Gasteiger partial charge in [0, 0.05) is 23.6 Å². The van der Waals surface area contributed by atoms with Crippen LogP contribution in [0.15, 0.2) is 69.1 Å². The van der Waals surface area contributed by atoms with E-state index in [1.54, 1.807) is 24.6 Å². The molecule has 110 valence electrons. The fraction of sp³-hybridized carbons (Fsp3) is 0.125. The predicted molar refractivity (Wildman–Crippen MR) is 83.9 cm³/mol. The molecule has 0 aromatic heterocycles. The quantitative estimate of drug-likeness (QED) is 0.748. The van der Waals surface area contributed by atoms with Gasteiger partial charge in [0.05, 0.1) is 23.6 Å². The first-order valence-corrected chi connectivity index (χ1v) is 6.85. The third-order valence-electron chi connectivity index (χ3n) is 2.97. The Morgan fingerprint density at radius 1 is 0.636 bits per heavy atom. The highest BCUT2D eigenvalue weighted by molar-refractivity contribution is 5.84. The molecule has 22 heavy (non-hydrogen) atoms. The number of nitrogens with zero attached hydrogens (tertiary/aromatic N) is 4. The van der Waals surface area contributed by atoms with E-state index in [-0.39, 0.29) is 0 Å². The Bertz CT molecular complexity index is 664. The van der Waals surface area contributed by atoms with Crippen molar-refractivity contribution < 1.29 is 9.68 Å². The molecule has 2 aromatic carbocycles. The zero-order valence-corrected chi connectivity index (χ0v) is 11.8. The van der Waals surface area contributed by atoms with Crippen LogP contribution < -0.4 is 9.68 Å². The third kappa shape index (κ3) is 3.54. The van der Waals surface area contributed by atoms with Gasteiger partial charge in [-0.3, -0.25) is 9.98 Å². The van der Waals surface area contributed by atoms with Crippen LogP contribution in [0, 0.1) is 0 Å². The van der Waals surface area contributed by atoms with Crippen molar-refractivity contribution in [3.63, 3.8) is 0 Å². The molecular formula is C16H14N4O2. The number of hydrogen-bond acceptors (Lipinski definition) is 6. The van der Waals surface area contributed by atoms with Crippen molar-refractivity contribution in [1.29, 1.82) is 0 Å². The van der Waals surface area contributed by atoms with Gasteiger partial charge in [-0.05, 0) is 24.3 Å². The molecule has 0 saturated carbocycles. The summed E-state index contributed by atoms with van der Waals surface area (Å²) in [6.07, 6.45) is 3.47. The molecule has 0 aliphatic carbocycles. The summed E-state index contributed by atoms with van der Waals surface area (Å²) >= 11 is 0. The van der Waals surface area contributed by atoms with Crippen LogP contribution in [0.5, 0.6) is 11.5 Å². The Balaban J connectivity index is 1.87. The van der Waals surface area contributed by atoms with Crippen LogP contribution in [-0.4, -0.2) is 25.5 Å². The maximum atomic E-state index is 5.26. The molecular weight excluding hydrogens is 280 g/mol. The molecule has 1 aliphatic heterocycles. The maximum Gasteiger partial charge on any atom is 0.168 e. The van der Waals surface area contributed by atoms with Gasteiger partial charge in [0.2, 0.25) is 0 Å². The van der Waals surface area contributed by atoms with Gasteiger partial charge in [0.25, 0.3) is 0 Å². The van der Waals surface area contributed by atoms with Gasteiger partial charge in [-0.2, -0.15) is 0 Å². The van der Waals surface area contributed by atoms with E-state index in [1.165, 1.54) is 0 Å². The Labute approximate surface area is 127 Å². The Hall–Kier alpha value is -3.02. The molecule has 0 spiro atoms. The van der Waals surface area contributed by atoms with Gasteiger partial charge < -0.3 is 9.68 Å². The lowest BCUT2D eigenvalue weighted by atomic mass is 10.2. The second-order valence-corrected chi connectivity index (χ2v) is 4.49. The summed E-state index contributed by atoms with van der Waals surface area (Å²) in [6, 6.07) is 14.9. The minimum absolute atomic E-state index is 0.562. The van der Waals surface area contributed by atoms with Gasteiger partial charge in [-0.1, -0.05) is 24.3 Å². The normalized spacial score (nSPS) is 15.6. The van der Waals surface area contributed by atoms with Crippen molar-refractivity contribution in [2.45, 2.75) is 0 Å². The lowest BCUT2D eigenvalue weighted by Gasteiger charge is -2.03. The molecule has 3 rings (SSSR count). The zero-order valence-electron chi connectivity index (χ0n) is 11.8. The fourth-order valence-corrected chi connectivity index (χ4v) is 1.90. The average Bonchev–Trinajstić information content (AvgIpc) is 2.56. The van der Waals surface area contributed by atoms with Crippen LogP contribution in [0.2, 0.25) is 0 Å². The first kappa shape index (κ1) is 13.9. The summed E-state index contributed by atoms with van der Waals surface area (Å²) in [5.41, 5.74) is 1.64. The van der Waals surface area contributed by atoms with Gasteiger partial charge >= 0.3 is 0 Å². The van der Waals surface area contributed by atoms with Crippen molar-refractivity contribution in [1.82, 2.24) is 0 Å². The summed E-state index contributed by atoms with van der Waals surface area (Å²) in [7, 11) is 0. The minimum atomic E-state index is 0.562. The minimum Gasteiger partial charge on any atom is -0.336 e. The third-order valence-corrected chi connectivity index (χ3v) is 2.97. The highest BCUT2D eigenvalue weighted by atomic mass is 16.7. The molecule has 0 fully saturated rings. The van der Waals surface area contributed by atoms with E-state index in [9.17, 15) is 0 Å². The summed E-state index contributed by atoms with van der Waals surface area (Å²) in [5, 5.41) is 7.19. The number of aliphatic imine (C=N–C) groups is 2. The van der Waals surface area contributed by atoms with Crippen LogP contribution in [0.1, 0.15) is 11.1 Å². The van der Waals surface area contributed by atoms with Gasteiger partial charge in [-0.25, -0.2) is 0 Å². The molecule has 6 nitrogen and oxygen atoms in total. The van der Waals surface area contributed by atoms with E-state index in [2.05, 4.69) is 20.5 Å². The molecule has 0 amide bonds. The van der Waals surface area contributed by atoms with Crippen molar-refractivity contribution >= 4 is 12.4 Å². The molecule has 0 radical (unpaired) electrons. The Kier molecular flexibility index (Phi) is 4.51. The van der Waals surface area contributed by atoms with Crippen LogP contribution in [-0.2, 0) is 0 Å². The number of hydrogen-bond donors (Lipinski definition) is 0. The van der Waals surface area contributed by atoms with Crippen LogP contribution in [0.4, 0.5) is 0 Å². The second kappa shape index (κ2) is 7.12. The summed E-state index contributed by atoms with van der Waals surface area (Å²) in [6.45, 7) is 1.19. The van der Waals surface area contributed by atoms with E-state index in [1.807, 2.05) is 36.4 Å². The smallest absolute Gasteiger partial charge is 0.168 e. The van der Waals surface area contributed by atoms with E-state index in [4.69, 9.17) is 9.68 Å². The predicted octanol–water partition coefficient (Wildman–Crippen LogP) is 3.28. The van der Waals surface area contributed by atoms with Crippen LogP contribution >= 0.6 is 0 Å². The molecule has 2 aromatic rings. The molecule has 0 unspecified atom stereocenters. The van der Waals surface area contributed by atoms with E-state index in [0.717, 1.165) is 11.1 Å². The van der Waals surface area contributed by atoms with E-state index in [0.29, 0.717) is 24.6 Å². The van der Waals surface area contributed by atoms with Gasteiger partial charge in [-0.15, -0.1) is 0 Å². The summed E-state index contributed by atoms with van der Waals surface area (Å²) in [5.74, 6) is 1.12. The number of rotatable bonds is 0. The van der Waals surface area contributed by atoms with Crippen LogP contribution in [0.3, 0.4) is 0 Å². The molecule has 0 atom stereocenters. The second-order valence-electron chi connectivity index (χ2n) is 4.49. The molecule has 6 heteroatoms. The molecule has 0 saturated heterocycles. The van der Waals surface area contributed by atoms with Gasteiger partial charge in [0.1, 0.15) is 0 Å². The summed E-state index contributed by atoms with van der Waals surface area (Å²) in [4.78, 5) is 19.2. The largest absolute Gasteiger partial charge is 0.336 e. The van der Waals surface area contributed by atoms with Crippen molar-refractivity contribution in [3.05, 3.63) is 59.7 Å².